The summed E-state index contributed by atoms with van der Waals surface area (Å²) in [6.45, 7) is -1.20. The van der Waals surface area contributed by atoms with Gasteiger partial charge in [-0.1, -0.05) is 0 Å². The Morgan fingerprint density at radius 2 is 2.20 bits per heavy atom. The van der Waals surface area contributed by atoms with Gasteiger partial charge in [0.1, 0.15) is 0 Å². The van der Waals surface area contributed by atoms with E-state index in [9.17, 15) is 17.6 Å². The lowest BCUT2D eigenvalue weighted by molar-refractivity contribution is -0.117. The van der Waals surface area contributed by atoms with Crippen molar-refractivity contribution < 1.29 is 17.6 Å². The van der Waals surface area contributed by atoms with E-state index in [0.717, 1.165) is 0 Å². The molecule has 3 N–H and O–H groups in total. The SMILES string of the molecule is Cn1cc(N)c(NCC(F)(F)C(F)F)n1. The maximum atomic E-state index is 12.5. The number of anilines is 2. The van der Waals surface area contributed by atoms with Gasteiger partial charge in [-0.3, -0.25) is 4.68 Å². The van der Waals surface area contributed by atoms with Gasteiger partial charge < -0.3 is 11.1 Å². The number of aryl methyl sites for hydroxylation is 1. The van der Waals surface area contributed by atoms with E-state index >= 15 is 0 Å². The highest BCUT2D eigenvalue weighted by Crippen LogP contribution is 2.24. The van der Waals surface area contributed by atoms with E-state index in [1.165, 1.54) is 17.9 Å². The topological polar surface area (TPSA) is 55.9 Å². The number of aromatic nitrogens is 2. The highest BCUT2D eigenvalue weighted by atomic mass is 19.3. The molecular weight excluding hydrogens is 216 g/mol. The van der Waals surface area contributed by atoms with E-state index < -0.39 is 18.9 Å². The van der Waals surface area contributed by atoms with Gasteiger partial charge in [0.15, 0.2) is 5.82 Å². The third kappa shape index (κ3) is 2.74. The number of alkyl halides is 4. The summed E-state index contributed by atoms with van der Waals surface area (Å²) < 4.78 is 49.8. The van der Waals surface area contributed by atoms with Crippen LogP contribution in [0, 0.1) is 0 Å². The fraction of sp³-hybridized carbons (Fsp3) is 0.571. The molecule has 0 unspecified atom stereocenters. The largest absolute Gasteiger partial charge is 0.394 e. The lowest BCUT2D eigenvalue weighted by Gasteiger charge is -2.15. The smallest absolute Gasteiger partial charge is 0.324 e. The summed E-state index contributed by atoms with van der Waals surface area (Å²) in [5.41, 5.74) is 5.50. The molecule has 0 aromatic carbocycles. The first-order valence-corrected chi connectivity index (χ1v) is 4.02. The van der Waals surface area contributed by atoms with Crippen molar-refractivity contribution >= 4 is 11.5 Å². The average molecular weight is 226 g/mol. The van der Waals surface area contributed by atoms with Crippen molar-refractivity contribution in [3.8, 4) is 0 Å². The van der Waals surface area contributed by atoms with E-state index in [4.69, 9.17) is 5.73 Å². The molecule has 0 aliphatic heterocycles. The fourth-order valence-electron chi connectivity index (χ4n) is 0.923. The summed E-state index contributed by atoms with van der Waals surface area (Å²) in [6, 6.07) is 0. The van der Waals surface area contributed by atoms with Crippen molar-refractivity contribution in [1.29, 1.82) is 0 Å². The van der Waals surface area contributed by atoms with Crippen LogP contribution in [-0.4, -0.2) is 28.7 Å². The van der Waals surface area contributed by atoms with Crippen LogP contribution in [0.25, 0.3) is 0 Å². The summed E-state index contributed by atoms with van der Waals surface area (Å²) in [7, 11) is 1.53. The molecule has 1 aromatic heterocycles. The van der Waals surface area contributed by atoms with Crippen LogP contribution in [-0.2, 0) is 7.05 Å². The number of nitrogens with two attached hydrogens (primary N) is 1. The average Bonchev–Trinajstić information content (AvgIpc) is 2.41. The summed E-state index contributed by atoms with van der Waals surface area (Å²) in [4.78, 5) is 0. The van der Waals surface area contributed by atoms with Crippen LogP contribution in [0.4, 0.5) is 29.1 Å². The molecule has 0 bridgehead atoms. The van der Waals surface area contributed by atoms with E-state index in [2.05, 4.69) is 10.4 Å². The van der Waals surface area contributed by atoms with Gasteiger partial charge in [0.05, 0.1) is 12.2 Å². The first-order chi connectivity index (χ1) is 6.83. The maximum Gasteiger partial charge on any atom is 0.324 e. The van der Waals surface area contributed by atoms with Crippen LogP contribution in [0.15, 0.2) is 6.20 Å². The van der Waals surface area contributed by atoms with Crippen molar-refractivity contribution in [1.82, 2.24) is 9.78 Å². The predicted octanol–water partition coefficient (Wildman–Crippen LogP) is 1.31. The Balaban J connectivity index is 2.61. The van der Waals surface area contributed by atoms with Gasteiger partial charge >= 0.3 is 12.3 Å². The van der Waals surface area contributed by atoms with E-state index in [-0.39, 0.29) is 11.5 Å². The molecule has 0 amide bonds. The molecule has 4 nitrogen and oxygen atoms in total. The number of hydrogen-bond acceptors (Lipinski definition) is 3. The third-order valence-electron chi connectivity index (χ3n) is 1.67. The Morgan fingerprint density at radius 1 is 1.60 bits per heavy atom. The molecule has 8 heteroatoms. The lowest BCUT2D eigenvalue weighted by atomic mass is 10.3. The molecule has 0 spiro atoms. The first-order valence-electron chi connectivity index (χ1n) is 4.02. The Kier molecular flexibility index (Phi) is 3.06. The summed E-state index contributed by atoms with van der Waals surface area (Å²) in [5.74, 6) is -4.12. The Hall–Kier alpha value is -1.47. The van der Waals surface area contributed by atoms with E-state index in [0.29, 0.717) is 0 Å². The van der Waals surface area contributed by atoms with Crippen molar-refractivity contribution in [2.24, 2.45) is 7.05 Å². The van der Waals surface area contributed by atoms with E-state index in [1.54, 1.807) is 0 Å². The number of rotatable bonds is 4. The molecule has 0 radical (unpaired) electrons. The minimum Gasteiger partial charge on any atom is -0.394 e. The van der Waals surface area contributed by atoms with Gasteiger partial charge in [-0.2, -0.15) is 13.9 Å². The molecule has 0 saturated carbocycles. The van der Waals surface area contributed by atoms with Crippen molar-refractivity contribution in [3.05, 3.63) is 6.20 Å². The maximum absolute atomic E-state index is 12.5. The van der Waals surface area contributed by atoms with Gasteiger partial charge in [-0.25, -0.2) is 8.78 Å². The van der Waals surface area contributed by atoms with Crippen LogP contribution in [0.2, 0.25) is 0 Å². The quantitative estimate of drug-likeness (QED) is 0.761. The molecule has 15 heavy (non-hydrogen) atoms. The zero-order valence-corrected chi connectivity index (χ0v) is 7.85. The first kappa shape index (κ1) is 11.6. The molecule has 1 aromatic rings. The number of nitrogens with zero attached hydrogens (tertiary/aromatic N) is 2. The highest BCUT2D eigenvalue weighted by Gasteiger charge is 2.40. The van der Waals surface area contributed by atoms with Crippen LogP contribution in [0.3, 0.4) is 0 Å². The minimum atomic E-state index is -4.09. The van der Waals surface area contributed by atoms with Gasteiger partial charge in [-0.05, 0) is 0 Å². The van der Waals surface area contributed by atoms with Gasteiger partial charge in [0.2, 0.25) is 0 Å². The monoisotopic (exact) mass is 226 g/mol. The number of nitrogen functional groups attached to an aromatic ring is 1. The number of hydrogen-bond donors (Lipinski definition) is 2. The normalized spacial score (nSPS) is 12.1. The molecule has 1 rings (SSSR count). The standard InChI is InChI=1S/C7H10F4N4/c1-15-2-4(12)5(14-15)13-3-7(10,11)6(8)9/h2,6H,3,12H2,1H3,(H,13,14). The number of nitrogens with one attached hydrogen (secondary N) is 1. The summed E-state index contributed by atoms with van der Waals surface area (Å²) >= 11 is 0. The predicted molar refractivity (Wildman–Crippen MR) is 47.1 cm³/mol. The highest BCUT2D eigenvalue weighted by molar-refractivity contribution is 5.59. The Bertz CT molecular complexity index is 336. The molecule has 1 heterocycles. The van der Waals surface area contributed by atoms with Crippen molar-refractivity contribution in [2.45, 2.75) is 12.3 Å². The Labute approximate surface area is 83.1 Å². The summed E-state index contributed by atoms with van der Waals surface area (Å²) in [6.07, 6.45) is -2.34. The third-order valence-corrected chi connectivity index (χ3v) is 1.67. The van der Waals surface area contributed by atoms with Crippen LogP contribution in [0.5, 0.6) is 0 Å². The van der Waals surface area contributed by atoms with E-state index in [1.807, 2.05) is 0 Å². The van der Waals surface area contributed by atoms with Crippen LogP contribution >= 0.6 is 0 Å². The molecular formula is C7H10F4N4. The zero-order valence-electron chi connectivity index (χ0n) is 7.85. The number of halogens is 4. The molecule has 0 aliphatic carbocycles. The molecule has 0 aliphatic rings. The van der Waals surface area contributed by atoms with Gasteiger partial charge in [0.25, 0.3) is 0 Å². The zero-order chi connectivity index (χ0) is 11.6. The summed E-state index contributed by atoms with van der Waals surface area (Å²) in [5, 5.41) is 5.74. The van der Waals surface area contributed by atoms with Gasteiger partial charge in [-0.15, -0.1) is 0 Å². The second kappa shape index (κ2) is 3.95. The fourth-order valence-corrected chi connectivity index (χ4v) is 0.923. The van der Waals surface area contributed by atoms with Crippen molar-refractivity contribution in [3.63, 3.8) is 0 Å². The molecule has 0 saturated heterocycles. The lowest BCUT2D eigenvalue weighted by Crippen LogP contribution is -2.35. The molecule has 0 atom stereocenters. The Morgan fingerprint density at radius 3 is 2.60 bits per heavy atom. The van der Waals surface area contributed by atoms with Gasteiger partial charge in [0, 0.05) is 13.2 Å². The second-order valence-corrected chi connectivity index (χ2v) is 3.02. The molecule has 0 fully saturated rings. The molecule has 86 valence electrons. The van der Waals surface area contributed by atoms with Crippen molar-refractivity contribution in [2.75, 3.05) is 17.6 Å². The van der Waals surface area contributed by atoms with Crippen LogP contribution in [0.1, 0.15) is 0 Å². The minimum absolute atomic E-state index is 0.0298. The van der Waals surface area contributed by atoms with Crippen LogP contribution < -0.4 is 11.1 Å². The second-order valence-electron chi connectivity index (χ2n) is 3.02.